The van der Waals surface area contributed by atoms with Gasteiger partial charge in [0.15, 0.2) is 0 Å². The topological polar surface area (TPSA) is 100 Å². The summed E-state index contributed by atoms with van der Waals surface area (Å²) >= 11 is 0. The van der Waals surface area contributed by atoms with Gasteiger partial charge >= 0.3 is 0 Å². The van der Waals surface area contributed by atoms with E-state index in [-0.39, 0.29) is 17.2 Å². The highest BCUT2D eigenvalue weighted by Gasteiger charge is 2.41. The summed E-state index contributed by atoms with van der Waals surface area (Å²) in [5.41, 5.74) is 2.77. The van der Waals surface area contributed by atoms with E-state index in [2.05, 4.69) is 22.0 Å². The molecule has 0 N–H and O–H groups in total. The Hall–Kier alpha value is -2.21. The number of benzene rings is 1. The quantitative estimate of drug-likeness (QED) is 0.420. The first-order chi connectivity index (χ1) is 19.5. The summed E-state index contributed by atoms with van der Waals surface area (Å²) < 4.78 is 62.5. The van der Waals surface area contributed by atoms with E-state index in [0.29, 0.717) is 54.2 Å². The zero-order chi connectivity index (χ0) is 29.3. The summed E-state index contributed by atoms with van der Waals surface area (Å²) in [6.07, 6.45) is 10.2. The molecule has 1 spiro atoms. The monoisotopic (exact) mass is 604 g/mol. The number of sulfonamides is 2. The lowest BCUT2D eigenvalue weighted by atomic mass is 9.71. The molecule has 1 aromatic heterocycles. The largest absolute Gasteiger partial charge is 0.497 e. The van der Waals surface area contributed by atoms with Gasteiger partial charge in [-0.05, 0) is 106 Å². The highest BCUT2D eigenvalue weighted by molar-refractivity contribution is 7.89. The lowest BCUT2D eigenvalue weighted by Gasteiger charge is -2.47. The van der Waals surface area contributed by atoms with Gasteiger partial charge in [0.05, 0.1) is 17.8 Å². The van der Waals surface area contributed by atoms with Crippen LogP contribution in [0.1, 0.15) is 62.5 Å². The number of hydrogen-bond acceptors (Lipinski definition) is 7. The third-order valence-corrected chi connectivity index (χ3v) is 13.7. The lowest BCUT2D eigenvalue weighted by Crippen LogP contribution is -2.48. The van der Waals surface area contributed by atoms with Gasteiger partial charge in [-0.25, -0.2) is 21.1 Å². The summed E-state index contributed by atoms with van der Waals surface area (Å²) in [7, 11) is -5.49. The predicted octanol–water partition coefficient (Wildman–Crippen LogP) is 4.35. The van der Waals surface area contributed by atoms with Crippen LogP contribution in [-0.2, 0) is 20.0 Å². The van der Waals surface area contributed by atoms with Crippen LogP contribution < -0.4 is 9.64 Å². The Morgan fingerprint density at radius 2 is 1.54 bits per heavy atom. The van der Waals surface area contributed by atoms with Crippen LogP contribution in [0.25, 0.3) is 0 Å². The summed E-state index contributed by atoms with van der Waals surface area (Å²) in [5.74, 6) is 0.710. The van der Waals surface area contributed by atoms with Crippen molar-refractivity contribution in [3.8, 4) is 5.75 Å². The van der Waals surface area contributed by atoms with Crippen molar-refractivity contribution in [2.24, 2.45) is 5.41 Å². The SMILES string of the molecule is COc1cc(C)c(S(=O)(=O)N2CCCC2CCCS(=O)(=O)N2CCC3(CCN(c4ccncc4)CC3)CC2)c(C)c1. The molecule has 41 heavy (non-hydrogen) atoms. The third kappa shape index (κ3) is 6.43. The molecule has 0 bridgehead atoms. The van der Waals surface area contributed by atoms with E-state index in [1.165, 1.54) is 5.69 Å². The summed E-state index contributed by atoms with van der Waals surface area (Å²) in [6.45, 7) is 7.22. The van der Waals surface area contributed by atoms with Crippen molar-refractivity contribution in [1.82, 2.24) is 13.6 Å². The number of nitrogens with zero attached hydrogens (tertiary/aromatic N) is 4. The molecule has 226 valence electrons. The molecule has 11 heteroatoms. The number of methoxy groups -OCH3 is 1. The Balaban J connectivity index is 1.13. The van der Waals surface area contributed by atoms with E-state index >= 15 is 0 Å². The summed E-state index contributed by atoms with van der Waals surface area (Å²) in [6, 6.07) is 7.43. The molecule has 9 nitrogen and oxygen atoms in total. The molecule has 3 saturated heterocycles. The van der Waals surface area contributed by atoms with E-state index in [0.717, 1.165) is 51.6 Å². The maximum Gasteiger partial charge on any atom is 0.243 e. The number of pyridine rings is 1. The minimum atomic E-state index is -3.69. The molecule has 2 aromatic rings. The van der Waals surface area contributed by atoms with Crippen LogP contribution >= 0.6 is 0 Å². The van der Waals surface area contributed by atoms with Gasteiger partial charge in [0.25, 0.3) is 0 Å². The van der Waals surface area contributed by atoms with Crippen LogP contribution in [0.4, 0.5) is 5.69 Å². The molecule has 3 aliphatic heterocycles. The third-order valence-electron chi connectivity index (χ3n) is 9.53. The van der Waals surface area contributed by atoms with Gasteiger partial charge in [-0.1, -0.05) is 0 Å². The lowest BCUT2D eigenvalue weighted by molar-refractivity contribution is 0.119. The number of rotatable bonds is 9. The van der Waals surface area contributed by atoms with Gasteiger partial charge in [0.2, 0.25) is 20.0 Å². The zero-order valence-corrected chi connectivity index (χ0v) is 26.2. The Labute approximate surface area is 246 Å². The second-order valence-electron chi connectivity index (χ2n) is 12.1. The van der Waals surface area contributed by atoms with Crippen molar-refractivity contribution in [3.63, 3.8) is 0 Å². The molecule has 4 heterocycles. The molecule has 1 aromatic carbocycles. The highest BCUT2D eigenvalue weighted by atomic mass is 32.2. The summed E-state index contributed by atoms with van der Waals surface area (Å²) in [4.78, 5) is 6.86. The summed E-state index contributed by atoms with van der Waals surface area (Å²) in [5, 5.41) is 0. The molecule has 3 aliphatic rings. The van der Waals surface area contributed by atoms with Crippen LogP contribution in [0.2, 0.25) is 0 Å². The number of hydrogen-bond donors (Lipinski definition) is 0. The minimum Gasteiger partial charge on any atom is -0.497 e. The number of aromatic nitrogens is 1. The molecule has 0 aliphatic carbocycles. The number of aryl methyl sites for hydroxylation is 2. The van der Waals surface area contributed by atoms with E-state index in [1.54, 1.807) is 41.7 Å². The molecular weight excluding hydrogens is 560 g/mol. The number of ether oxygens (including phenoxy) is 1. The smallest absolute Gasteiger partial charge is 0.243 e. The van der Waals surface area contributed by atoms with Gasteiger partial charge in [-0.15, -0.1) is 0 Å². The van der Waals surface area contributed by atoms with E-state index < -0.39 is 20.0 Å². The van der Waals surface area contributed by atoms with Gasteiger partial charge in [-0.3, -0.25) is 4.98 Å². The van der Waals surface area contributed by atoms with Crippen LogP contribution in [0, 0.1) is 19.3 Å². The van der Waals surface area contributed by atoms with Crippen molar-refractivity contribution in [3.05, 3.63) is 47.8 Å². The predicted molar refractivity (Wildman–Crippen MR) is 161 cm³/mol. The second kappa shape index (κ2) is 12.2. The molecule has 5 rings (SSSR count). The normalized spacial score (nSPS) is 22.3. The maximum atomic E-state index is 13.7. The first-order valence-corrected chi connectivity index (χ1v) is 17.9. The van der Waals surface area contributed by atoms with E-state index in [1.807, 2.05) is 12.4 Å². The van der Waals surface area contributed by atoms with Crippen molar-refractivity contribution in [1.29, 1.82) is 0 Å². The number of piperidine rings is 2. The van der Waals surface area contributed by atoms with Gasteiger partial charge in [0, 0.05) is 56.8 Å². The molecule has 1 unspecified atom stereocenters. The maximum absolute atomic E-state index is 13.7. The van der Waals surface area contributed by atoms with Gasteiger partial charge in [-0.2, -0.15) is 4.31 Å². The van der Waals surface area contributed by atoms with Crippen molar-refractivity contribution >= 4 is 25.7 Å². The molecule has 1 atom stereocenters. The Bertz CT molecular complexity index is 1390. The second-order valence-corrected chi connectivity index (χ2v) is 16.0. The highest BCUT2D eigenvalue weighted by Crippen LogP contribution is 2.42. The van der Waals surface area contributed by atoms with Crippen LogP contribution in [0.15, 0.2) is 41.6 Å². The molecule has 3 fully saturated rings. The Morgan fingerprint density at radius 1 is 0.927 bits per heavy atom. The fraction of sp³-hybridized carbons (Fsp3) is 0.633. The van der Waals surface area contributed by atoms with Crippen LogP contribution in [-0.4, -0.2) is 82.1 Å². The minimum absolute atomic E-state index is 0.0702. The standard InChI is InChI=1S/C30H44N4O5S2/c1-24-22-28(39-3)23-25(2)29(24)41(37,38)34-16-4-6-27(34)7-5-21-40(35,36)33-19-12-30(13-20-33)10-17-32(18-11-30)26-8-14-31-15-9-26/h8-9,14-15,22-23,27H,4-7,10-13,16-21H2,1-3H3. The van der Waals surface area contributed by atoms with Crippen molar-refractivity contribution in [2.75, 3.05) is 50.5 Å². The van der Waals surface area contributed by atoms with E-state index in [9.17, 15) is 16.8 Å². The zero-order valence-electron chi connectivity index (χ0n) is 24.6. The van der Waals surface area contributed by atoms with Gasteiger partial charge < -0.3 is 9.64 Å². The fourth-order valence-corrected chi connectivity index (χ4v) is 10.8. The average Bonchev–Trinajstić information content (AvgIpc) is 3.43. The van der Waals surface area contributed by atoms with Crippen LogP contribution in [0.5, 0.6) is 5.75 Å². The fourth-order valence-electron chi connectivity index (χ4n) is 7.13. The molecular formula is C30H44N4O5S2. The average molecular weight is 605 g/mol. The van der Waals surface area contributed by atoms with Gasteiger partial charge in [0.1, 0.15) is 5.75 Å². The van der Waals surface area contributed by atoms with Crippen molar-refractivity contribution in [2.45, 2.75) is 76.2 Å². The van der Waals surface area contributed by atoms with Crippen molar-refractivity contribution < 1.29 is 21.6 Å². The first-order valence-electron chi connectivity index (χ1n) is 14.8. The molecule has 0 radical (unpaired) electrons. The molecule has 0 saturated carbocycles. The first kappa shape index (κ1) is 30.3. The van der Waals surface area contributed by atoms with Crippen LogP contribution in [0.3, 0.4) is 0 Å². The number of anilines is 1. The molecule has 0 amide bonds. The van der Waals surface area contributed by atoms with E-state index in [4.69, 9.17) is 4.74 Å². The Morgan fingerprint density at radius 3 is 2.15 bits per heavy atom. The Kier molecular flexibility index (Phi) is 8.99.